The van der Waals surface area contributed by atoms with Crippen molar-refractivity contribution < 1.29 is 9.53 Å². The van der Waals surface area contributed by atoms with E-state index in [2.05, 4.69) is 22.5 Å². The summed E-state index contributed by atoms with van der Waals surface area (Å²) in [4.78, 5) is 15.5. The standard InChI is InChI=1S/C14H15N3O2S3/c15-17-13(18)11-8-22-12(16-11)7-19-10-3-1-9(2-4-10)14-20-5-6-21-14/h1-4,8,14H,5-7,15H2,(H,17,18). The second kappa shape index (κ2) is 7.36. The molecule has 3 N–H and O–H groups in total. The van der Waals surface area contributed by atoms with Crippen LogP contribution in [0.2, 0.25) is 0 Å². The minimum Gasteiger partial charge on any atom is -0.486 e. The fraction of sp³-hybridized carbons (Fsp3) is 0.286. The number of nitrogens with zero attached hydrogens (tertiary/aromatic N) is 1. The van der Waals surface area contributed by atoms with Crippen molar-refractivity contribution in [3.8, 4) is 5.75 Å². The number of nitrogens with two attached hydrogens (primary N) is 1. The molecule has 2 heterocycles. The van der Waals surface area contributed by atoms with Gasteiger partial charge >= 0.3 is 0 Å². The molecule has 1 aromatic heterocycles. The van der Waals surface area contributed by atoms with E-state index in [1.54, 1.807) is 5.38 Å². The zero-order valence-corrected chi connectivity index (χ0v) is 14.1. The third-order valence-electron chi connectivity index (χ3n) is 3.05. The first kappa shape index (κ1) is 15.7. The lowest BCUT2D eigenvalue weighted by atomic mass is 10.2. The molecule has 1 amide bonds. The van der Waals surface area contributed by atoms with Crippen molar-refractivity contribution in [2.75, 3.05) is 11.5 Å². The van der Waals surface area contributed by atoms with Crippen molar-refractivity contribution in [3.05, 3.63) is 45.9 Å². The van der Waals surface area contributed by atoms with E-state index in [-0.39, 0.29) is 0 Å². The Morgan fingerprint density at radius 1 is 1.32 bits per heavy atom. The van der Waals surface area contributed by atoms with Gasteiger partial charge in [0.25, 0.3) is 5.91 Å². The Hall–Kier alpha value is -1.22. The molecule has 116 valence electrons. The van der Waals surface area contributed by atoms with Crippen LogP contribution in [-0.4, -0.2) is 22.4 Å². The van der Waals surface area contributed by atoms with Gasteiger partial charge in [-0.2, -0.15) is 0 Å². The fourth-order valence-electron chi connectivity index (χ4n) is 1.97. The number of nitrogen functional groups attached to an aromatic ring is 1. The van der Waals surface area contributed by atoms with Crippen molar-refractivity contribution in [3.63, 3.8) is 0 Å². The van der Waals surface area contributed by atoms with Crippen LogP contribution < -0.4 is 16.0 Å². The van der Waals surface area contributed by atoms with Gasteiger partial charge in [-0.25, -0.2) is 10.8 Å². The quantitative estimate of drug-likeness (QED) is 0.489. The molecule has 22 heavy (non-hydrogen) atoms. The van der Waals surface area contributed by atoms with Gasteiger partial charge in [-0.05, 0) is 17.7 Å². The second-order valence-electron chi connectivity index (χ2n) is 4.53. The molecule has 0 saturated carbocycles. The summed E-state index contributed by atoms with van der Waals surface area (Å²) in [5.41, 5.74) is 3.71. The number of ether oxygens (including phenoxy) is 1. The third kappa shape index (κ3) is 3.75. The Balaban J connectivity index is 1.57. The van der Waals surface area contributed by atoms with Gasteiger partial charge in [0.1, 0.15) is 23.1 Å². The van der Waals surface area contributed by atoms with E-state index in [0.717, 1.165) is 10.8 Å². The van der Waals surface area contributed by atoms with Gasteiger partial charge in [0, 0.05) is 16.9 Å². The highest BCUT2D eigenvalue weighted by Gasteiger charge is 2.18. The number of carbonyl (C=O) groups is 1. The van der Waals surface area contributed by atoms with Crippen molar-refractivity contribution in [2.45, 2.75) is 11.2 Å². The summed E-state index contributed by atoms with van der Waals surface area (Å²) in [5.74, 6) is 7.92. The highest BCUT2D eigenvalue weighted by molar-refractivity contribution is 8.19. The van der Waals surface area contributed by atoms with E-state index in [1.807, 2.05) is 35.7 Å². The molecule has 0 aliphatic carbocycles. The van der Waals surface area contributed by atoms with E-state index in [9.17, 15) is 4.79 Å². The van der Waals surface area contributed by atoms with Gasteiger partial charge in [0.15, 0.2) is 0 Å². The van der Waals surface area contributed by atoms with Crippen LogP contribution in [0.4, 0.5) is 0 Å². The van der Waals surface area contributed by atoms with Gasteiger partial charge in [0.05, 0.1) is 4.58 Å². The Labute approximate surface area is 141 Å². The maximum Gasteiger partial charge on any atom is 0.284 e. The van der Waals surface area contributed by atoms with Crippen LogP contribution in [0.3, 0.4) is 0 Å². The fourth-order valence-corrected chi connectivity index (χ4v) is 5.52. The van der Waals surface area contributed by atoms with Crippen molar-refractivity contribution in [2.24, 2.45) is 5.84 Å². The molecule has 1 saturated heterocycles. The third-order valence-corrected chi connectivity index (χ3v) is 6.98. The van der Waals surface area contributed by atoms with Gasteiger partial charge < -0.3 is 4.74 Å². The average molecular weight is 353 g/mol. The van der Waals surface area contributed by atoms with E-state index < -0.39 is 5.91 Å². The molecule has 1 aliphatic heterocycles. The number of thiazole rings is 1. The Kier molecular flexibility index (Phi) is 5.24. The molecule has 0 unspecified atom stereocenters. The minimum atomic E-state index is -0.390. The number of rotatable bonds is 5. The summed E-state index contributed by atoms with van der Waals surface area (Å²) in [7, 11) is 0. The van der Waals surface area contributed by atoms with E-state index >= 15 is 0 Å². The topological polar surface area (TPSA) is 77.2 Å². The molecule has 1 aromatic carbocycles. The van der Waals surface area contributed by atoms with Crippen LogP contribution >= 0.6 is 34.9 Å². The first-order valence-corrected chi connectivity index (χ1v) is 9.65. The molecule has 1 aliphatic rings. The zero-order chi connectivity index (χ0) is 15.4. The summed E-state index contributed by atoms with van der Waals surface area (Å²) < 4.78 is 6.25. The molecule has 1 fully saturated rings. The first-order valence-electron chi connectivity index (χ1n) is 6.67. The van der Waals surface area contributed by atoms with E-state index in [0.29, 0.717) is 16.9 Å². The Morgan fingerprint density at radius 2 is 2.05 bits per heavy atom. The number of aromatic nitrogens is 1. The molecule has 2 aromatic rings. The molecule has 8 heteroatoms. The summed E-state index contributed by atoms with van der Waals surface area (Å²) >= 11 is 5.35. The lowest BCUT2D eigenvalue weighted by Crippen LogP contribution is -2.30. The summed E-state index contributed by atoms with van der Waals surface area (Å²) in [5, 5.41) is 2.41. The van der Waals surface area contributed by atoms with Crippen LogP contribution in [0.25, 0.3) is 0 Å². The molecular weight excluding hydrogens is 338 g/mol. The number of nitrogens with one attached hydrogen (secondary N) is 1. The van der Waals surface area contributed by atoms with Gasteiger partial charge in [-0.1, -0.05) is 12.1 Å². The van der Waals surface area contributed by atoms with Crippen LogP contribution in [0, 0.1) is 0 Å². The SMILES string of the molecule is NNC(=O)c1csc(COc2ccc(C3SCCS3)cc2)n1. The lowest BCUT2D eigenvalue weighted by Gasteiger charge is -2.09. The summed E-state index contributed by atoms with van der Waals surface area (Å²) in [6, 6.07) is 8.19. The molecule has 0 atom stereocenters. The molecule has 3 rings (SSSR count). The predicted octanol–water partition coefficient (Wildman–Crippen LogP) is 2.80. The van der Waals surface area contributed by atoms with Crippen LogP contribution in [-0.2, 0) is 6.61 Å². The van der Waals surface area contributed by atoms with Gasteiger partial charge in [-0.3, -0.25) is 10.2 Å². The van der Waals surface area contributed by atoms with Crippen LogP contribution in [0.15, 0.2) is 29.6 Å². The molecule has 0 radical (unpaired) electrons. The van der Waals surface area contributed by atoms with Gasteiger partial charge in [-0.15, -0.1) is 34.9 Å². The summed E-state index contributed by atoms with van der Waals surface area (Å²) in [6.45, 7) is 0.342. The zero-order valence-electron chi connectivity index (χ0n) is 11.7. The first-order chi connectivity index (χ1) is 10.8. The number of benzene rings is 1. The normalized spacial score (nSPS) is 15.0. The predicted molar refractivity (Wildman–Crippen MR) is 92.2 cm³/mol. The van der Waals surface area contributed by atoms with Crippen LogP contribution in [0.1, 0.15) is 25.6 Å². The van der Waals surface area contributed by atoms with Crippen molar-refractivity contribution in [1.82, 2.24) is 10.4 Å². The molecule has 5 nitrogen and oxygen atoms in total. The van der Waals surface area contributed by atoms with Crippen molar-refractivity contribution in [1.29, 1.82) is 0 Å². The Morgan fingerprint density at radius 3 is 2.73 bits per heavy atom. The Bertz CT molecular complexity index is 639. The highest BCUT2D eigenvalue weighted by Crippen LogP contribution is 2.45. The number of amides is 1. The lowest BCUT2D eigenvalue weighted by molar-refractivity contribution is 0.0949. The average Bonchev–Trinajstić information content (AvgIpc) is 3.24. The maximum atomic E-state index is 11.3. The highest BCUT2D eigenvalue weighted by atomic mass is 32.2. The molecule has 0 bridgehead atoms. The van der Waals surface area contributed by atoms with Gasteiger partial charge in [0.2, 0.25) is 0 Å². The number of hydrogen-bond acceptors (Lipinski definition) is 7. The molecular formula is C14H15N3O2S3. The second-order valence-corrected chi connectivity index (χ2v) is 8.20. The van der Waals surface area contributed by atoms with Crippen molar-refractivity contribution >= 4 is 40.8 Å². The minimum absolute atomic E-state index is 0.316. The van der Waals surface area contributed by atoms with E-state index in [1.165, 1.54) is 28.4 Å². The number of carbonyl (C=O) groups excluding carboxylic acids is 1. The number of hydrogen-bond donors (Lipinski definition) is 2. The van der Waals surface area contributed by atoms with Crippen LogP contribution in [0.5, 0.6) is 5.75 Å². The maximum absolute atomic E-state index is 11.3. The number of hydrazine groups is 1. The largest absolute Gasteiger partial charge is 0.486 e. The van der Waals surface area contributed by atoms with E-state index in [4.69, 9.17) is 10.6 Å². The molecule has 0 spiro atoms. The summed E-state index contributed by atoms with van der Waals surface area (Å²) in [6.07, 6.45) is 0. The smallest absolute Gasteiger partial charge is 0.284 e. The monoisotopic (exact) mass is 353 g/mol. The number of thioether (sulfide) groups is 2.